The van der Waals surface area contributed by atoms with Crippen LogP contribution in [-0.2, 0) is 9.59 Å². The lowest BCUT2D eigenvalue weighted by Crippen LogP contribution is -2.36. The Labute approximate surface area is 137 Å². The highest BCUT2D eigenvalue weighted by molar-refractivity contribution is 9.10. The van der Waals surface area contributed by atoms with Crippen LogP contribution in [-0.4, -0.2) is 59.4 Å². The average molecular weight is 368 g/mol. The summed E-state index contributed by atoms with van der Waals surface area (Å²) < 4.78 is 6.67. The van der Waals surface area contributed by atoms with E-state index < -0.39 is 0 Å². The highest BCUT2D eigenvalue weighted by atomic mass is 79.9. The van der Waals surface area contributed by atoms with E-state index in [1.54, 1.807) is 23.0 Å². The van der Waals surface area contributed by atoms with Crippen LogP contribution in [0.15, 0.2) is 22.8 Å². The Hall–Kier alpha value is -1.63. The second-order valence-corrected chi connectivity index (χ2v) is 6.63. The predicted molar refractivity (Wildman–Crippen MR) is 83.3 cm³/mol. The fourth-order valence-electron chi connectivity index (χ4n) is 2.93. The van der Waals surface area contributed by atoms with Gasteiger partial charge >= 0.3 is 0 Å². The molecular weight excluding hydrogens is 350 g/mol. The number of nitrogens with zero attached hydrogens (tertiary/aromatic N) is 3. The largest absolute Gasteiger partial charge is 0.472 e. The maximum atomic E-state index is 12.5. The van der Waals surface area contributed by atoms with E-state index >= 15 is 0 Å². The highest BCUT2D eigenvalue weighted by Crippen LogP contribution is 2.26. The molecule has 1 aromatic rings. The first kappa shape index (κ1) is 15.3. The quantitative estimate of drug-likeness (QED) is 0.807. The molecule has 0 aromatic carbocycles. The van der Waals surface area contributed by atoms with Crippen molar-refractivity contribution in [3.63, 3.8) is 0 Å². The summed E-state index contributed by atoms with van der Waals surface area (Å²) in [5.74, 6) is 0.446. The van der Waals surface area contributed by atoms with Crippen molar-refractivity contribution in [2.45, 2.75) is 18.9 Å². The summed E-state index contributed by atoms with van der Waals surface area (Å²) in [6, 6.07) is 3.70. The standard InChI is InChI=1S/C15H18BrN3O3/c1-18-8-10(7-13(18)20)15(21)19-6-4-11(9-19)22-14-12(16)3-2-5-17-14/h2-3,5,10-11H,4,6-9H2,1H3. The Kier molecular flexibility index (Phi) is 4.33. The molecule has 0 spiro atoms. The molecule has 1 aromatic heterocycles. The van der Waals surface area contributed by atoms with Crippen molar-refractivity contribution in [3.8, 4) is 5.88 Å². The van der Waals surface area contributed by atoms with Gasteiger partial charge < -0.3 is 14.5 Å². The van der Waals surface area contributed by atoms with Crippen molar-refractivity contribution in [3.05, 3.63) is 22.8 Å². The minimum Gasteiger partial charge on any atom is -0.472 e. The fourth-order valence-corrected chi connectivity index (χ4v) is 3.28. The summed E-state index contributed by atoms with van der Waals surface area (Å²) in [7, 11) is 1.74. The van der Waals surface area contributed by atoms with E-state index in [0.717, 1.165) is 10.9 Å². The summed E-state index contributed by atoms with van der Waals surface area (Å²) in [5.41, 5.74) is 0. The van der Waals surface area contributed by atoms with E-state index in [1.165, 1.54) is 0 Å². The normalized spacial score (nSPS) is 24.9. The van der Waals surface area contributed by atoms with Crippen molar-refractivity contribution in [2.24, 2.45) is 5.92 Å². The smallest absolute Gasteiger partial charge is 0.228 e. The molecule has 3 heterocycles. The van der Waals surface area contributed by atoms with Crippen LogP contribution in [0.5, 0.6) is 5.88 Å². The van der Waals surface area contributed by atoms with Gasteiger partial charge in [0.05, 0.1) is 16.9 Å². The van der Waals surface area contributed by atoms with Crippen LogP contribution < -0.4 is 4.74 Å². The van der Waals surface area contributed by atoms with Gasteiger partial charge in [-0.3, -0.25) is 9.59 Å². The van der Waals surface area contributed by atoms with E-state index in [-0.39, 0.29) is 23.8 Å². The number of amides is 2. The Morgan fingerprint density at radius 3 is 2.95 bits per heavy atom. The lowest BCUT2D eigenvalue weighted by molar-refractivity contribution is -0.135. The zero-order chi connectivity index (χ0) is 15.7. The Bertz CT molecular complexity index is 595. The maximum Gasteiger partial charge on any atom is 0.228 e. The van der Waals surface area contributed by atoms with Crippen molar-refractivity contribution >= 4 is 27.7 Å². The van der Waals surface area contributed by atoms with Gasteiger partial charge in [0, 0.05) is 39.2 Å². The molecule has 7 heteroatoms. The van der Waals surface area contributed by atoms with Gasteiger partial charge in [0.25, 0.3) is 0 Å². The van der Waals surface area contributed by atoms with E-state index in [1.807, 2.05) is 12.1 Å². The molecule has 22 heavy (non-hydrogen) atoms. The van der Waals surface area contributed by atoms with Crippen LogP contribution in [0.4, 0.5) is 0 Å². The number of hydrogen-bond donors (Lipinski definition) is 0. The Balaban J connectivity index is 1.57. The van der Waals surface area contributed by atoms with Crippen LogP contribution in [0.2, 0.25) is 0 Å². The molecule has 0 saturated carbocycles. The van der Waals surface area contributed by atoms with Gasteiger partial charge in [-0.15, -0.1) is 0 Å². The third kappa shape index (κ3) is 3.09. The maximum absolute atomic E-state index is 12.5. The monoisotopic (exact) mass is 367 g/mol. The Morgan fingerprint density at radius 2 is 2.27 bits per heavy atom. The molecule has 0 N–H and O–H groups in total. The van der Waals surface area contributed by atoms with Crippen molar-refractivity contribution in [2.75, 3.05) is 26.7 Å². The molecule has 2 saturated heterocycles. The topological polar surface area (TPSA) is 62.7 Å². The molecule has 2 atom stereocenters. The van der Waals surface area contributed by atoms with Gasteiger partial charge in [0.2, 0.25) is 17.7 Å². The van der Waals surface area contributed by atoms with Gasteiger partial charge in [0.15, 0.2) is 0 Å². The molecule has 3 rings (SSSR count). The number of carbonyl (C=O) groups excluding carboxylic acids is 2. The molecule has 118 valence electrons. The molecule has 2 unspecified atom stereocenters. The number of hydrogen-bond acceptors (Lipinski definition) is 4. The third-order valence-electron chi connectivity index (χ3n) is 4.15. The zero-order valence-corrected chi connectivity index (χ0v) is 14.0. The summed E-state index contributed by atoms with van der Waals surface area (Å²) in [4.78, 5) is 31.6. The van der Waals surface area contributed by atoms with E-state index in [0.29, 0.717) is 31.9 Å². The molecule has 2 fully saturated rings. The fraction of sp³-hybridized carbons (Fsp3) is 0.533. The van der Waals surface area contributed by atoms with Gasteiger partial charge in [0.1, 0.15) is 6.10 Å². The van der Waals surface area contributed by atoms with Gasteiger partial charge in [-0.1, -0.05) is 0 Å². The molecule has 0 bridgehead atoms. The van der Waals surface area contributed by atoms with E-state index in [4.69, 9.17) is 4.74 Å². The summed E-state index contributed by atoms with van der Waals surface area (Å²) in [5, 5.41) is 0. The van der Waals surface area contributed by atoms with E-state index in [2.05, 4.69) is 20.9 Å². The average Bonchev–Trinajstić information content (AvgIpc) is 3.09. The lowest BCUT2D eigenvalue weighted by Gasteiger charge is -2.20. The van der Waals surface area contributed by atoms with E-state index in [9.17, 15) is 9.59 Å². The molecule has 0 aliphatic carbocycles. The zero-order valence-electron chi connectivity index (χ0n) is 12.4. The molecule has 2 aliphatic heterocycles. The molecule has 2 aliphatic rings. The SMILES string of the molecule is CN1CC(C(=O)N2CCC(Oc3ncccc3Br)C2)CC1=O. The van der Waals surface area contributed by atoms with Gasteiger partial charge in [-0.2, -0.15) is 0 Å². The van der Waals surface area contributed by atoms with Crippen molar-refractivity contribution < 1.29 is 14.3 Å². The minimum absolute atomic E-state index is 0.0442. The Morgan fingerprint density at radius 1 is 1.45 bits per heavy atom. The molecule has 2 amide bonds. The second-order valence-electron chi connectivity index (χ2n) is 5.78. The molecular formula is C15H18BrN3O3. The number of carbonyl (C=O) groups is 2. The third-order valence-corrected chi connectivity index (χ3v) is 4.75. The lowest BCUT2D eigenvalue weighted by atomic mass is 10.1. The first-order chi connectivity index (χ1) is 10.5. The van der Waals surface area contributed by atoms with Gasteiger partial charge in [-0.25, -0.2) is 4.98 Å². The summed E-state index contributed by atoms with van der Waals surface area (Å²) in [6.07, 6.45) is 2.73. The van der Waals surface area contributed by atoms with Crippen molar-refractivity contribution in [1.29, 1.82) is 0 Å². The van der Waals surface area contributed by atoms with Gasteiger partial charge in [-0.05, 0) is 28.1 Å². The van der Waals surface area contributed by atoms with Crippen LogP contribution >= 0.6 is 15.9 Å². The predicted octanol–water partition coefficient (Wildman–Crippen LogP) is 1.30. The first-order valence-electron chi connectivity index (χ1n) is 7.34. The number of aromatic nitrogens is 1. The van der Waals surface area contributed by atoms with Crippen LogP contribution in [0.25, 0.3) is 0 Å². The number of ether oxygens (including phenoxy) is 1. The van der Waals surface area contributed by atoms with Crippen molar-refractivity contribution in [1.82, 2.24) is 14.8 Å². The highest BCUT2D eigenvalue weighted by Gasteiger charge is 2.37. The second kappa shape index (κ2) is 6.24. The molecule has 0 radical (unpaired) electrons. The number of halogens is 1. The summed E-state index contributed by atoms with van der Waals surface area (Å²) in [6.45, 7) is 1.74. The minimum atomic E-state index is -0.210. The number of likely N-dealkylation sites (tertiary alicyclic amines) is 2. The number of pyridine rings is 1. The van der Waals surface area contributed by atoms with Crippen LogP contribution in [0.3, 0.4) is 0 Å². The van der Waals surface area contributed by atoms with Crippen LogP contribution in [0, 0.1) is 5.92 Å². The summed E-state index contributed by atoms with van der Waals surface area (Å²) >= 11 is 3.40. The molecule has 6 nitrogen and oxygen atoms in total. The number of rotatable bonds is 3. The van der Waals surface area contributed by atoms with Crippen LogP contribution in [0.1, 0.15) is 12.8 Å². The first-order valence-corrected chi connectivity index (χ1v) is 8.14.